The lowest BCUT2D eigenvalue weighted by Gasteiger charge is -2.09. The van der Waals surface area contributed by atoms with Gasteiger partial charge in [0.15, 0.2) is 0 Å². The van der Waals surface area contributed by atoms with Gasteiger partial charge in [0.05, 0.1) is 172 Å². The van der Waals surface area contributed by atoms with Crippen molar-refractivity contribution in [3.63, 3.8) is 0 Å². The molecule has 0 aliphatic heterocycles. The molecule has 0 saturated carbocycles. The average molecular weight is 759 g/mol. The summed E-state index contributed by atoms with van der Waals surface area (Å²) < 4.78 is 70.9. The molecule has 0 rings (SSSR count). The molecule has 0 saturated heterocycles. The van der Waals surface area contributed by atoms with Crippen LogP contribution in [0.25, 0.3) is 0 Å². The van der Waals surface area contributed by atoms with Crippen molar-refractivity contribution in [1.29, 1.82) is 0 Å². The van der Waals surface area contributed by atoms with Gasteiger partial charge < -0.3 is 66.7 Å². The smallest absolute Gasteiger partial charge is 0.305 e. The number of unbranched alkanes of at least 4 members (excludes halogenated alkanes) is 7. The molecule has 0 unspecified atom stereocenters. The van der Waals surface area contributed by atoms with E-state index in [-0.39, 0.29) is 13.0 Å². The minimum Gasteiger partial charge on any atom is -0.481 e. The molecule has 0 aliphatic carbocycles. The number of carbonyl (C=O) groups is 1. The Morgan fingerprint density at radius 3 is 0.712 bits per heavy atom. The summed E-state index contributed by atoms with van der Waals surface area (Å²) in [5.41, 5.74) is 0. The second-order valence-electron chi connectivity index (χ2n) is 11.6. The maximum absolute atomic E-state index is 10.3. The zero-order chi connectivity index (χ0) is 37.5. The van der Waals surface area contributed by atoms with Crippen molar-refractivity contribution in [2.75, 3.05) is 172 Å². The van der Waals surface area contributed by atoms with Crippen molar-refractivity contribution in [3.8, 4) is 0 Å². The van der Waals surface area contributed by atoms with E-state index >= 15 is 0 Å². The first-order valence-corrected chi connectivity index (χ1v) is 19.5. The molecule has 0 aromatic rings. The van der Waals surface area contributed by atoms with Crippen LogP contribution >= 0.6 is 0 Å². The molecule has 0 radical (unpaired) electrons. The maximum Gasteiger partial charge on any atom is 0.305 e. The van der Waals surface area contributed by atoms with Crippen LogP contribution in [0, 0.1) is 0 Å². The predicted octanol–water partition coefficient (Wildman–Crippen LogP) is 3.82. The molecule has 0 atom stereocenters. The highest BCUT2D eigenvalue weighted by molar-refractivity contribution is 5.66. The normalized spacial score (nSPS) is 11.6. The van der Waals surface area contributed by atoms with E-state index in [9.17, 15) is 4.79 Å². The van der Waals surface area contributed by atoms with Gasteiger partial charge in [0.1, 0.15) is 0 Å². The Hall–Kier alpha value is -1.05. The van der Waals surface area contributed by atoms with Crippen molar-refractivity contribution >= 4 is 5.97 Å². The summed E-state index contributed by atoms with van der Waals surface area (Å²) in [7, 11) is 0. The molecule has 0 amide bonds. The van der Waals surface area contributed by atoms with Crippen LogP contribution in [0.5, 0.6) is 0 Å². The Labute approximate surface area is 313 Å². The predicted molar refractivity (Wildman–Crippen MR) is 196 cm³/mol. The van der Waals surface area contributed by atoms with Gasteiger partial charge in [-0.3, -0.25) is 4.79 Å². The molecule has 15 heteroatoms. The molecule has 0 spiro atoms. The van der Waals surface area contributed by atoms with Crippen LogP contribution in [-0.4, -0.2) is 183 Å². The van der Waals surface area contributed by atoms with E-state index in [1.54, 1.807) is 0 Å². The lowest BCUT2D eigenvalue weighted by atomic mass is 10.1. The van der Waals surface area contributed by atoms with E-state index in [1.807, 2.05) is 0 Å². The zero-order valence-corrected chi connectivity index (χ0v) is 32.4. The van der Waals surface area contributed by atoms with Gasteiger partial charge >= 0.3 is 5.97 Å². The van der Waals surface area contributed by atoms with Gasteiger partial charge in [0.25, 0.3) is 0 Å². The average Bonchev–Trinajstić information content (AvgIpc) is 3.14. The van der Waals surface area contributed by atoms with E-state index in [1.165, 1.54) is 44.9 Å². The van der Waals surface area contributed by atoms with E-state index in [0.29, 0.717) is 159 Å². The Morgan fingerprint density at radius 2 is 0.481 bits per heavy atom. The van der Waals surface area contributed by atoms with Crippen molar-refractivity contribution in [1.82, 2.24) is 0 Å². The summed E-state index contributed by atoms with van der Waals surface area (Å²) in [6, 6.07) is 0. The van der Waals surface area contributed by atoms with Gasteiger partial charge in [-0.25, -0.2) is 0 Å². The number of hydrogen-bond acceptors (Lipinski definition) is 14. The van der Waals surface area contributed by atoms with Crippen LogP contribution in [0.4, 0.5) is 0 Å². The summed E-state index contributed by atoms with van der Waals surface area (Å²) >= 11 is 0. The second-order valence-corrected chi connectivity index (χ2v) is 11.6. The van der Waals surface area contributed by atoms with Crippen LogP contribution in [-0.2, 0) is 66.4 Å². The highest BCUT2D eigenvalue weighted by Crippen LogP contribution is 2.08. The molecule has 0 fully saturated rings. The summed E-state index contributed by atoms with van der Waals surface area (Å²) in [5.74, 6) is -0.873. The van der Waals surface area contributed by atoms with Crippen molar-refractivity contribution in [2.45, 2.75) is 64.7 Å². The second kappa shape index (κ2) is 48.0. The van der Waals surface area contributed by atoms with Crippen molar-refractivity contribution in [2.24, 2.45) is 0 Å². The largest absolute Gasteiger partial charge is 0.481 e. The molecular weight excluding hydrogens is 684 g/mol. The Kier molecular flexibility index (Phi) is 47.0. The Bertz CT molecular complexity index is 663. The maximum atomic E-state index is 10.3. The van der Waals surface area contributed by atoms with Crippen molar-refractivity contribution < 1.29 is 71.5 Å². The Morgan fingerprint density at radius 1 is 0.288 bits per heavy atom. The van der Waals surface area contributed by atoms with E-state index < -0.39 is 5.97 Å². The van der Waals surface area contributed by atoms with E-state index in [2.05, 4.69) is 6.92 Å². The molecule has 312 valence electrons. The van der Waals surface area contributed by atoms with E-state index in [4.69, 9.17) is 66.7 Å². The monoisotopic (exact) mass is 759 g/mol. The lowest BCUT2D eigenvalue weighted by molar-refractivity contribution is -0.138. The zero-order valence-electron chi connectivity index (χ0n) is 32.4. The van der Waals surface area contributed by atoms with Gasteiger partial charge in [-0.1, -0.05) is 51.9 Å². The van der Waals surface area contributed by atoms with Crippen molar-refractivity contribution in [3.05, 3.63) is 0 Å². The summed E-state index contributed by atoms with van der Waals surface area (Å²) in [6.45, 7) is 15.3. The third kappa shape index (κ3) is 49.0. The third-order valence-corrected chi connectivity index (χ3v) is 7.07. The molecule has 1 N–H and O–H groups in total. The fourth-order valence-corrected chi connectivity index (χ4v) is 4.24. The molecular formula is C37H74O15. The SMILES string of the molecule is CCCCCCCCCCOCCOCCOCCOCCOCCOCCOCCOCCOCCOCCOCCOCCOCCC(=O)O. The standard InChI is InChI=1S/C37H74O15/c1-2-3-4-5-6-7-8-9-11-40-13-15-42-17-19-44-21-23-46-25-27-48-29-31-50-33-35-52-36-34-51-32-30-49-28-26-47-24-22-45-20-18-43-16-14-41-12-10-37(38)39/h2-36H2,1H3,(H,38,39). The van der Waals surface area contributed by atoms with Gasteiger partial charge in [0, 0.05) is 6.61 Å². The minimum atomic E-state index is -0.873. The number of aliphatic carboxylic acids is 1. The van der Waals surface area contributed by atoms with Gasteiger partial charge in [-0.05, 0) is 6.42 Å². The number of carboxylic acids is 1. The van der Waals surface area contributed by atoms with Crippen LogP contribution in [0.3, 0.4) is 0 Å². The number of ether oxygens (including phenoxy) is 13. The molecule has 0 aliphatic rings. The highest BCUT2D eigenvalue weighted by atomic mass is 16.6. The van der Waals surface area contributed by atoms with Crippen LogP contribution < -0.4 is 0 Å². The first-order chi connectivity index (χ1) is 25.8. The molecule has 0 heterocycles. The molecule has 0 aromatic heterocycles. The van der Waals surface area contributed by atoms with Gasteiger partial charge in [-0.2, -0.15) is 0 Å². The molecule has 52 heavy (non-hydrogen) atoms. The number of rotatable bonds is 48. The fraction of sp³-hybridized carbons (Fsp3) is 0.973. The van der Waals surface area contributed by atoms with Gasteiger partial charge in [0.2, 0.25) is 0 Å². The number of carboxylic acid groups (broad SMARTS) is 1. The lowest BCUT2D eigenvalue weighted by Crippen LogP contribution is -2.15. The summed E-state index contributed by atoms with van der Waals surface area (Å²) in [4.78, 5) is 10.3. The molecule has 0 aromatic carbocycles. The topological polar surface area (TPSA) is 157 Å². The quantitative estimate of drug-likeness (QED) is 0.0893. The summed E-state index contributed by atoms with van der Waals surface area (Å²) in [6.07, 6.45) is 10.5. The Balaban J connectivity index is 3.05. The first-order valence-electron chi connectivity index (χ1n) is 19.5. The molecule has 15 nitrogen and oxygen atoms in total. The van der Waals surface area contributed by atoms with Gasteiger partial charge in [-0.15, -0.1) is 0 Å². The highest BCUT2D eigenvalue weighted by Gasteiger charge is 1.99. The van der Waals surface area contributed by atoms with Crippen LogP contribution in [0.2, 0.25) is 0 Å². The number of hydrogen-bond donors (Lipinski definition) is 1. The third-order valence-electron chi connectivity index (χ3n) is 7.07. The van der Waals surface area contributed by atoms with E-state index in [0.717, 1.165) is 13.0 Å². The first kappa shape index (κ1) is 51.0. The fourth-order valence-electron chi connectivity index (χ4n) is 4.24. The van der Waals surface area contributed by atoms with Crippen LogP contribution in [0.1, 0.15) is 64.7 Å². The minimum absolute atomic E-state index is 0.00207. The van der Waals surface area contributed by atoms with Crippen LogP contribution in [0.15, 0.2) is 0 Å². The summed E-state index contributed by atoms with van der Waals surface area (Å²) in [5, 5.41) is 8.50. The molecule has 0 bridgehead atoms.